The highest BCUT2D eigenvalue weighted by molar-refractivity contribution is 5.73. The van der Waals surface area contributed by atoms with E-state index in [1.54, 1.807) is 60.7 Å². The van der Waals surface area contributed by atoms with Crippen molar-refractivity contribution in [2.75, 3.05) is 0 Å². The molecule has 0 radical (unpaired) electrons. The van der Waals surface area contributed by atoms with Crippen molar-refractivity contribution in [3.05, 3.63) is 154 Å². The first-order valence-electron chi connectivity index (χ1n) is 16.4. The van der Waals surface area contributed by atoms with Crippen LogP contribution >= 0.6 is 0 Å². The van der Waals surface area contributed by atoms with Gasteiger partial charge >= 0.3 is 0 Å². The lowest BCUT2D eigenvalue weighted by Crippen LogP contribution is -2.11. The molecule has 0 spiro atoms. The van der Waals surface area contributed by atoms with Gasteiger partial charge in [-0.05, 0) is 101 Å². The van der Waals surface area contributed by atoms with E-state index < -0.39 is 24.0 Å². The van der Waals surface area contributed by atoms with E-state index in [0.717, 1.165) is 5.56 Å². The molecule has 2 heterocycles. The van der Waals surface area contributed by atoms with Crippen molar-refractivity contribution in [3.63, 3.8) is 0 Å². The summed E-state index contributed by atoms with van der Waals surface area (Å²) in [5, 5.41) is 84.5. The standard InChI is InChI=1S/C42H32O10/c43-27-7-3-21(4-8-27)1-2-22-11-33(49)39-35(12-22)51-41(23-5-9-28(44)10-6-23)38(39)25-17-34(50)40-36(18-25)52-42(26-15-31(47)20-32(48)16-26)37(40)24-13-29(45)19-30(46)14-24/h1-20,37-38,41-50H. The number of fused-ring (bicyclic) bond motifs is 2. The highest BCUT2D eigenvalue weighted by atomic mass is 16.5. The summed E-state index contributed by atoms with van der Waals surface area (Å²) in [5.74, 6) is -1.60. The normalized spacial score (nSPS) is 18.8. The van der Waals surface area contributed by atoms with E-state index in [-0.39, 0.29) is 51.7 Å². The molecule has 0 amide bonds. The Kier molecular flexibility index (Phi) is 7.72. The molecular formula is C42H32O10. The maximum absolute atomic E-state index is 11.8. The molecule has 6 aromatic rings. The van der Waals surface area contributed by atoms with Crippen LogP contribution in [0.15, 0.2) is 109 Å². The van der Waals surface area contributed by atoms with Crippen LogP contribution in [0.3, 0.4) is 0 Å². The third-order valence-electron chi connectivity index (χ3n) is 9.50. The average Bonchev–Trinajstić information content (AvgIpc) is 3.68. The molecule has 52 heavy (non-hydrogen) atoms. The van der Waals surface area contributed by atoms with Crippen molar-refractivity contribution < 1.29 is 50.3 Å². The number of rotatable bonds is 6. The Morgan fingerprint density at radius 3 is 1.38 bits per heavy atom. The van der Waals surface area contributed by atoms with Gasteiger partial charge in [-0.1, -0.05) is 36.4 Å². The van der Waals surface area contributed by atoms with Gasteiger partial charge in [-0.15, -0.1) is 0 Å². The number of hydrogen-bond acceptors (Lipinski definition) is 10. The summed E-state index contributed by atoms with van der Waals surface area (Å²) in [5.41, 5.74) is 4.34. The first kappa shape index (κ1) is 32.3. The van der Waals surface area contributed by atoms with Crippen molar-refractivity contribution in [1.29, 1.82) is 0 Å². The smallest absolute Gasteiger partial charge is 0.135 e. The molecule has 0 aliphatic carbocycles. The van der Waals surface area contributed by atoms with E-state index in [4.69, 9.17) is 9.47 Å². The molecule has 4 atom stereocenters. The second-order valence-electron chi connectivity index (χ2n) is 13.0. The van der Waals surface area contributed by atoms with Crippen LogP contribution in [0.25, 0.3) is 12.2 Å². The van der Waals surface area contributed by atoms with Crippen LogP contribution in [0.1, 0.15) is 68.6 Å². The van der Waals surface area contributed by atoms with E-state index in [9.17, 15) is 40.9 Å². The second-order valence-corrected chi connectivity index (χ2v) is 13.0. The average molecular weight is 697 g/mol. The van der Waals surface area contributed by atoms with E-state index in [1.165, 1.54) is 48.5 Å². The molecule has 2 aliphatic rings. The zero-order chi connectivity index (χ0) is 36.3. The molecule has 6 aromatic carbocycles. The molecule has 10 heteroatoms. The van der Waals surface area contributed by atoms with E-state index in [0.29, 0.717) is 44.7 Å². The lowest BCUT2D eigenvalue weighted by Gasteiger charge is -2.22. The first-order chi connectivity index (χ1) is 25.0. The summed E-state index contributed by atoms with van der Waals surface area (Å²) in [4.78, 5) is 0. The van der Waals surface area contributed by atoms with Crippen LogP contribution in [0.2, 0.25) is 0 Å². The SMILES string of the molecule is Oc1ccc(C=Cc2cc(O)c3c(c2)OC(c2ccc(O)cc2)C3c2cc(O)c3c(c2)OC(c2cc(O)cc(O)c2)C3c2cc(O)cc(O)c2)cc1. The molecule has 0 saturated heterocycles. The molecule has 10 nitrogen and oxygen atoms in total. The third-order valence-corrected chi connectivity index (χ3v) is 9.50. The monoisotopic (exact) mass is 696 g/mol. The molecule has 0 bridgehead atoms. The van der Waals surface area contributed by atoms with Crippen molar-refractivity contribution >= 4 is 12.2 Å². The van der Waals surface area contributed by atoms with Crippen molar-refractivity contribution in [2.45, 2.75) is 24.0 Å². The Balaban J connectivity index is 1.25. The summed E-state index contributed by atoms with van der Waals surface area (Å²) in [6, 6.07) is 28.0. The minimum absolute atomic E-state index is 0.0451. The van der Waals surface area contributed by atoms with Gasteiger partial charge in [-0.3, -0.25) is 0 Å². The van der Waals surface area contributed by atoms with Gasteiger partial charge in [-0.25, -0.2) is 0 Å². The fraction of sp³-hybridized carbons (Fsp3) is 0.0952. The molecule has 260 valence electrons. The molecule has 0 saturated carbocycles. The van der Waals surface area contributed by atoms with Crippen LogP contribution in [-0.2, 0) is 0 Å². The Labute approximate surface area is 297 Å². The lowest BCUT2D eigenvalue weighted by atomic mass is 9.81. The molecule has 0 fully saturated rings. The Morgan fingerprint density at radius 1 is 0.365 bits per heavy atom. The van der Waals surface area contributed by atoms with Gasteiger partial charge in [0, 0.05) is 28.8 Å². The lowest BCUT2D eigenvalue weighted by molar-refractivity contribution is 0.217. The fourth-order valence-corrected chi connectivity index (χ4v) is 7.30. The minimum atomic E-state index is -0.910. The maximum atomic E-state index is 11.8. The van der Waals surface area contributed by atoms with Crippen molar-refractivity contribution in [3.8, 4) is 57.5 Å². The molecule has 2 aliphatic heterocycles. The van der Waals surface area contributed by atoms with Crippen LogP contribution < -0.4 is 9.47 Å². The summed E-state index contributed by atoms with van der Waals surface area (Å²) in [6.07, 6.45) is 2.04. The molecule has 8 N–H and O–H groups in total. The van der Waals surface area contributed by atoms with E-state index >= 15 is 0 Å². The van der Waals surface area contributed by atoms with Gasteiger partial charge in [0.15, 0.2) is 0 Å². The number of aromatic hydroxyl groups is 8. The number of ether oxygens (including phenoxy) is 2. The second kappa shape index (κ2) is 12.4. The summed E-state index contributed by atoms with van der Waals surface area (Å²) in [7, 11) is 0. The molecule has 0 aromatic heterocycles. The summed E-state index contributed by atoms with van der Waals surface area (Å²) >= 11 is 0. The number of benzene rings is 6. The van der Waals surface area contributed by atoms with Crippen LogP contribution in [0.4, 0.5) is 0 Å². The highest BCUT2D eigenvalue weighted by Gasteiger charge is 2.44. The van der Waals surface area contributed by atoms with Crippen molar-refractivity contribution in [1.82, 2.24) is 0 Å². The third kappa shape index (κ3) is 5.86. The van der Waals surface area contributed by atoms with Crippen molar-refractivity contribution in [2.24, 2.45) is 0 Å². The topological polar surface area (TPSA) is 180 Å². The maximum Gasteiger partial charge on any atom is 0.135 e. The summed E-state index contributed by atoms with van der Waals surface area (Å²) < 4.78 is 13.0. The van der Waals surface area contributed by atoms with E-state index in [2.05, 4.69) is 0 Å². The molecule has 4 unspecified atom stereocenters. The number of phenols is 8. The highest BCUT2D eigenvalue weighted by Crippen LogP contribution is 2.58. The van der Waals surface area contributed by atoms with Crippen LogP contribution in [0, 0.1) is 0 Å². The first-order valence-corrected chi connectivity index (χ1v) is 16.4. The van der Waals surface area contributed by atoms with Crippen LogP contribution in [-0.4, -0.2) is 40.9 Å². The Bertz CT molecular complexity index is 2330. The predicted molar refractivity (Wildman–Crippen MR) is 191 cm³/mol. The number of hydrogen-bond donors (Lipinski definition) is 8. The zero-order valence-electron chi connectivity index (χ0n) is 27.3. The largest absolute Gasteiger partial charge is 0.508 e. The summed E-state index contributed by atoms with van der Waals surface area (Å²) in [6.45, 7) is 0. The minimum Gasteiger partial charge on any atom is -0.508 e. The van der Waals surface area contributed by atoms with Crippen LogP contribution in [0.5, 0.6) is 57.5 Å². The Hall–Kier alpha value is -6.94. The van der Waals surface area contributed by atoms with Gasteiger partial charge in [0.25, 0.3) is 0 Å². The van der Waals surface area contributed by atoms with Gasteiger partial charge < -0.3 is 50.3 Å². The number of phenolic OH excluding ortho intramolecular Hbond substituents is 8. The van der Waals surface area contributed by atoms with Gasteiger partial charge in [0.2, 0.25) is 0 Å². The van der Waals surface area contributed by atoms with Gasteiger partial charge in [0.05, 0.1) is 11.8 Å². The molecule has 8 rings (SSSR count). The Morgan fingerprint density at radius 2 is 0.808 bits per heavy atom. The van der Waals surface area contributed by atoms with Gasteiger partial charge in [0.1, 0.15) is 69.7 Å². The fourth-order valence-electron chi connectivity index (χ4n) is 7.30. The zero-order valence-corrected chi connectivity index (χ0v) is 27.3. The van der Waals surface area contributed by atoms with Gasteiger partial charge in [-0.2, -0.15) is 0 Å². The quantitative estimate of drug-likeness (QED) is 0.0795. The predicted octanol–water partition coefficient (Wildman–Crippen LogP) is 8.03. The van der Waals surface area contributed by atoms with E-state index in [1.807, 2.05) is 12.2 Å². The molecular weight excluding hydrogens is 664 g/mol.